The van der Waals surface area contributed by atoms with Gasteiger partial charge in [0, 0.05) is 62.2 Å². The summed E-state index contributed by atoms with van der Waals surface area (Å²) in [7, 11) is 1.95. The van der Waals surface area contributed by atoms with Crippen molar-refractivity contribution in [3.63, 3.8) is 0 Å². The Morgan fingerprint density at radius 3 is 2.46 bits per heavy atom. The van der Waals surface area contributed by atoms with Crippen LogP contribution in [0.25, 0.3) is 10.9 Å². The molecule has 0 saturated carbocycles. The van der Waals surface area contributed by atoms with Crippen LogP contribution in [0.5, 0.6) is 0 Å². The number of carbonyl (C=O) groups is 2. The Balaban J connectivity index is 1.42. The van der Waals surface area contributed by atoms with Crippen LogP contribution < -0.4 is 0 Å². The van der Waals surface area contributed by atoms with Crippen molar-refractivity contribution in [3.05, 3.63) is 60.0 Å². The Morgan fingerprint density at radius 1 is 1.00 bits per heavy atom. The third-order valence-electron chi connectivity index (χ3n) is 5.05. The number of aromatic nitrogens is 2. The molecule has 1 aliphatic rings. The van der Waals surface area contributed by atoms with Gasteiger partial charge in [0.1, 0.15) is 0 Å². The maximum absolute atomic E-state index is 13.0. The lowest BCUT2D eigenvalue weighted by atomic mass is 10.1. The monoisotopic (exact) mass is 350 g/mol. The number of nitrogens with zero attached hydrogens (tertiary/aromatic N) is 3. The van der Waals surface area contributed by atoms with Gasteiger partial charge in [0.25, 0.3) is 5.91 Å². The topological polar surface area (TPSA) is 61.3 Å². The molecule has 0 spiro atoms. The average Bonchev–Trinajstić information content (AvgIpc) is 3.30. The second-order valence-electron chi connectivity index (χ2n) is 6.72. The highest BCUT2D eigenvalue weighted by Gasteiger charge is 2.26. The molecule has 1 fully saturated rings. The Morgan fingerprint density at radius 2 is 1.73 bits per heavy atom. The first kappa shape index (κ1) is 16.4. The molecular formula is C20H22N4O2. The van der Waals surface area contributed by atoms with Crippen LogP contribution in [-0.4, -0.2) is 57.3 Å². The van der Waals surface area contributed by atoms with Crippen molar-refractivity contribution < 1.29 is 9.59 Å². The third-order valence-corrected chi connectivity index (χ3v) is 5.05. The van der Waals surface area contributed by atoms with Crippen LogP contribution in [0.3, 0.4) is 0 Å². The van der Waals surface area contributed by atoms with Crippen molar-refractivity contribution >= 4 is 22.7 Å². The Labute approximate surface area is 152 Å². The zero-order chi connectivity index (χ0) is 18.1. The van der Waals surface area contributed by atoms with Gasteiger partial charge in [-0.25, -0.2) is 0 Å². The van der Waals surface area contributed by atoms with Gasteiger partial charge in [-0.3, -0.25) is 9.59 Å². The van der Waals surface area contributed by atoms with Crippen LogP contribution in [0, 0.1) is 0 Å². The van der Waals surface area contributed by atoms with Gasteiger partial charge < -0.3 is 19.4 Å². The standard InChI is InChI=1S/C20H22N4O2/c1-22-14-17(16-6-2-3-7-18(16)22)20(26)24-11-9-23(10-12-24)19(25)13-15-5-4-8-21-15/h2-8,14,21H,9-13H2,1H3. The van der Waals surface area contributed by atoms with E-state index >= 15 is 0 Å². The SMILES string of the molecule is Cn1cc(C(=O)N2CCN(C(=O)Cc3ccc[nH]3)CC2)c2ccccc21. The van der Waals surface area contributed by atoms with Crippen LogP contribution in [-0.2, 0) is 18.3 Å². The molecule has 2 aromatic heterocycles. The highest BCUT2D eigenvalue weighted by Crippen LogP contribution is 2.22. The van der Waals surface area contributed by atoms with Crippen molar-refractivity contribution in [1.82, 2.24) is 19.4 Å². The zero-order valence-corrected chi connectivity index (χ0v) is 14.8. The summed E-state index contributed by atoms with van der Waals surface area (Å²) in [6.07, 6.45) is 4.10. The number of nitrogens with one attached hydrogen (secondary N) is 1. The number of piperazine rings is 1. The van der Waals surface area contributed by atoms with E-state index in [0.29, 0.717) is 32.6 Å². The molecule has 134 valence electrons. The molecule has 0 bridgehead atoms. The van der Waals surface area contributed by atoms with E-state index in [1.807, 2.05) is 70.2 Å². The van der Waals surface area contributed by atoms with Gasteiger partial charge in [-0.15, -0.1) is 0 Å². The van der Waals surface area contributed by atoms with Gasteiger partial charge in [0.15, 0.2) is 0 Å². The Hall–Kier alpha value is -3.02. The molecule has 1 aliphatic heterocycles. The smallest absolute Gasteiger partial charge is 0.256 e. The van der Waals surface area contributed by atoms with E-state index in [4.69, 9.17) is 0 Å². The van der Waals surface area contributed by atoms with E-state index in [1.165, 1.54) is 0 Å². The maximum Gasteiger partial charge on any atom is 0.256 e. The van der Waals surface area contributed by atoms with Crippen molar-refractivity contribution in [3.8, 4) is 0 Å². The summed E-state index contributed by atoms with van der Waals surface area (Å²) in [5.74, 6) is 0.142. The number of fused-ring (bicyclic) bond motifs is 1. The van der Waals surface area contributed by atoms with Gasteiger partial charge in [0.05, 0.1) is 12.0 Å². The van der Waals surface area contributed by atoms with Gasteiger partial charge in [-0.1, -0.05) is 18.2 Å². The summed E-state index contributed by atoms with van der Waals surface area (Å²) in [6, 6.07) is 11.7. The molecule has 4 rings (SSSR count). The number of carbonyl (C=O) groups excluding carboxylic acids is 2. The molecule has 0 atom stereocenters. The number of benzene rings is 1. The number of hydrogen-bond acceptors (Lipinski definition) is 2. The molecule has 1 N–H and O–H groups in total. The van der Waals surface area contributed by atoms with E-state index in [-0.39, 0.29) is 11.8 Å². The van der Waals surface area contributed by atoms with Gasteiger partial charge in [-0.2, -0.15) is 0 Å². The zero-order valence-electron chi connectivity index (χ0n) is 14.8. The number of rotatable bonds is 3. The van der Waals surface area contributed by atoms with Crippen molar-refractivity contribution in [2.75, 3.05) is 26.2 Å². The number of H-pyrrole nitrogens is 1. The largest absolute Gasteiger partial charge is 0.365 e. The molecule has 3 heterocycles. The van der Waals surface area contributed by atoms with E-state index in [1.54, 1.807) is 0 Å². The number of hydrogen-bond donors (Lipinski definition) is 1. The predicted octanol–water partition coefficient (Wildman–Crippen LogP) is 2.03. The van der Waals surface area contributed by atoms with Crippen molar-refractivity contribution in [2.45, 2.75) is 6.42 Å². The first-order valence-corrected chi connectivity index (χ1v) is 8.87. The molecule has 3 aromatic rings. The highest BCUT2D eigenvalue weighted by molar-refractivity contribution is 6.07. The molecule has 1 aromatic carbocycles. The summed E-state index contributed by atoms with van der Waals surface area (Å²) in [5, 5.41) is 0.977. The Kier molecular flexibility index (Phi) is 4.24. The molecule has 26 heavy (non-hydrogen) atoms. The molecule has 2 amide bonds. The fourth-order valence-electron chi connectivity index (χ4n) is 3.59. The lowest BCUT2D eigenvalue weighted by Crippen LogP contribution is -2.51. The lowest BCUT2D eigenvalue weighted by molar-refractivity contribution is -0.132. The summed E-state index contributed by atoms with van der Waals surface area (Å²) in [5.41, 5.74) is 2.70. The van der Waals surface area contributed by atoms with Crippen LogP contribution in [0.4, 0.5) is 0 Å². The van der Waals surface area contributed by atoms with Crippen LogP contribution in [0.1, 0.15) is 16.1 Å². The first-order chi connectivity index (χ1) is 12.6. The van der Waals surface area contributed by atoms with Crippen molar-refractivity contribution in [1.29, 1.82) is 0 Å². The predicted molar refractivity (Wildman–Crippen MR) is 99.9 cm³/mol. The number of para-hydroxylation sites is 1. The van der Waals surface area contributed by atoms with Crippen LogP contribution >= 0.6 is 0 Å². The minimum atomic E-state index is 0.0401. The van der Waals surface area contributed by atoms with Crippen molar-refractivity contribution in [2.24, 2.45) is 7.05 Å². The highest BCUT2D eigenvalue weighted by atomic mass is 16.2. The van der Waals surface area contributed by atoms with Gasteiger partial charge in [0.2, 0.25) is 5.91 Å². The van der Waals surface area contributed by atoms with Crippen LogP contribution in [0.2, 0.25) is 0 Å². The quantitative estimate of drug-likeness (QED) is 0.786. The van der Waals surface area contributed by atoms with Gasteiger partial charge in [-0.05, 0) is 18.2 Å². The minimum absolute atomic E-state index is 0.0401. The van der Waals surface area contributed by atoms with E-state index in [9.17, 15) is 9.59 Å². The van der Waals surface area contributed by atoms with E-state index < -0.39 is 0 Å². The van der Waals surface area contributed by atoms with Crippen LogP contribution in [0.15, 0.2) is 48.8 Å². The lowest BCUT2D eigenvalue weighted by Gasteiger charge is -2.34. The summed E-state index contributed by atoms with van der Waals surface area (Å²) >= 11 is 0. The third kappa shape index (κ3) is 2.98. The summed E-state index contributed by atoms with van der Waals surface area (Å²) in [4.78, 5) is 32.1. The molecule has 6 nitrogen and oxygen atoms in total. The average molecular weight is 350 g/mol. The normalized spacial score (nSPS) is 14.8. The number of amides is 2. The first-order valence-electron chi connectivity index (χ1n) is 8.87. The molecule has 1 saturated heterocycles. The molecule has 0 aliphatic carbocycles. The van der Waals surface area contributed by atoms with E-state index in [2.05, 4.69) is 4.98 Å². The van der Waals surface area contributed by atoms with Gasteiger partial charge >= 0.3 is 0 Å². The number of aryl methyl sites for hydroxylation is 1. The van der Waals surface area contributed by atoms with E-state index in [0.717, 1.165) is 22.2 Å². The maximum atomic E-state index is 13.0. The molecule has 0 radical (unpaired) electrons. The second-order valence-corrected chi connectivity index (χ2v) is 6.72. The summed E-state index contributed by atoms with van der Waals surface area (Å²) < 4.78 is 1.98. The molecule has 0 unspecified atom stereocenters. The molecule has 6 heteroatoms. The fourth-order valence-corrected chi connectivity index (χ4v) is 3.59. The number of aromatic amines is 1. The molecular weight excluding hydrogens is 328 g/mol. The minimum Gasteiger partial charge on any atom is -0.365 e. The Bertz CT molecular complexity index is 934. The second kappa shape index (κ2) is 6.71. The summed E-state index contributed by atoms with van der Waals surface area (Å²) in [6.45, 7) is 2.29. The fraction of sp³-hybridized carbons (Fsp3) is 0.300.